The van der Waals surface area contributed by atoms with Crippen molar-refractivity contribution in [1.29, 1.82) is 0 Å². The summed E-state index contributed by atoms with van der Waals surface area (Å²) in [6.07, 6.45) is 5.11. The molecule has 1 amide bonds. The van der Waals surface area contributed by atoms with Crippen LogP contribution in [0.15, 0.2) is 65.5 Å². The number of amides is 1. The minimum Gasteiger partial charge on any atom is -0.441 e. The fourth-order valence-corrected chi connectivity index (χ4v) is 3.28. The Hall–Kier alpha value is -4.00. The number of anilines is 1. The van der Waals surface area contributed by atoms with Crippen LogP contribution < -0.4 is 5.32 Å². The highest BCUT2D eigenvalue weighted by molar-refractivity contribution is 6.03. The average molecular weight is 383 g/mol. The summed E-state index contributed by atoms with van der Waals surface area (Å²) >= 11 is 0. The van der Waals surface area contributed by atoms with Crippen molar-refractivity contribution in [2.75, 3.05) is 5.32 Å². The van der Waals surface area contributed by atoms with Crippen molar-refractivity contribution in [3.05, 3.63) is 78.3 Å². The zero-order valence-electron chi connectivity index (χ0n) is 15.9. The van der Waals surface area contributed by atoms with Crippen LogP contribution in [-0.2, 0) is 0 Å². The quantitative estimate of drug-likeness (QED) is 0.499. The minimum atomic E-state index is -0.247. The molecule has 7 heteroatoms. The van der Waals surface area contributed by atoms with Gasteiger partial charge in [0.1, 0.15) is 16.9 Å². The fraction of sp³-hybridized carbons (Fsp3) is 0.0909. The van der Waals surface area contributed by atoms with Gasteiger partial charge in [0.2, 0.25) is 0 Å². The molecule has 4 heterocycles. The van der Waals surface area contributed by atoms with Crippen LogP contribution in [0.25, 0.3) is 27.9 Å². The van der Waals surface area contributed by atoms with Crippen LogP contribution in [0.2, 0.25) is 0 Å². The summed E-state index contributed by atoms with van der Waals surface area (Å²) in [6, 6.07) is 13.4. The van der Waals surface area contributed by atoms with E-state index < -0.39 is 0 Å². The van der Waals surface area contributed by atoms with Crippen LogP contribution in [0, 0.1) is 13.8 Å². The molecule has 0 aliphatic heterocycles. The summed E-state index contributed by atoms with van der Waals surface area (Å²) in [7, 11) is 0. The van der Waals surface area contributed by atoms with Crippen molar-refractivity contribution in [3.8, 4) is 11.1 Å². The number of imidazole rings is 1. The molecular weight excluding hydrogens is 366 g/mol. The Bertz CT molecular complexity index is 1370. The number of hydrogen-bond donors (Lipinski definition) is 1. The van der Waals surface area contributed by atoms with Crippen molar-refractivity contribution >= 4 is 28.3 Å². The summed E-state index contributed by atoms with van der Waals surface area (Å²) in [5, 5.41) is 2.87. The zero-order chi connectivity index (χ0) is 20.0. The zero-order valence-corrected chi connectivity index (χ0v) is 15.9. The lowest BCUT2D eigenvalue weighted by Crippen LogP contribution is -2.14. The fourth-order valence-electron chi connectivity index (χ4n) is 3.28. The maximum atomic E-state index is 12.8. The molecule has 1 N–H and O–H groups in total. The summed E-state index contributed by atoms with van der Waals surface area (Å²) in [6.45, 7) is 3.72. The predicted molar refractivity (Wildman–Crippen MR) is 110 cm³/mol. The van der Waals surface area contributed by atoms with Crippen molar-refractivity contribution in [3.63, 3.8) is 0 Å². The van der Waals surface area contributed by atoms with Gasteiger partial charge in [-0.3, -0.25) is 14.2 Å². The monoisotopic (exact) mass is 383 g/mol. The molecule has 0 saturated heterocycles. The first kappa shape index (κ1) is 17.1. The van der Waals surface area contributed by atoms with Gasteiger partial charge < -0.3 is 9.73 Å². The summed E-state index contributed by atoms with van der Waals surface area (Å²) in [4.78, 5) is 25.7. The number of carbonyl (C=O) groups is 1. The lowest BCUT2D eigenvalue weighted by Gasteiger charge is -2.07. The maximum Gasteiger partial charge on any atom is 0.274 e. The van der Waals surface area contributed by atoms with E-state index in [1.165, 1.54) is 0 Å². The summed E-state index contributed by atoms with van der Waals surface area (Å²) in [5.41, 5.74) is 6.15. The first-order chi connectivity index (χ1) is 14.1. The number of fused-ring (bicyclic) bond motifs is 2. The molecule has 0 aliphatic carbocycles. The highest BCUT2D eigenvalue weighted by atomic mass is 16.3. The number of pyridine rings is 2. The molecule has 0 spiro atoms. The van der Waals surface area contributed by atoms with E-state index in [0.717, 1.165) is 27.9 Å². The van der Waals surface area contributed by atoms with Gasteiger partial charge in [-0.2, -0.15) is 0 Å². The molecule has 5 rings (SSSR count). The molecule has 0 unspecified atom stereocenters. The van der Waals surface area contributed by atoms with E-state index in [1.54, 1.807) is 16.8 Å². The number of rotatable bonds is 3. The second-order valence-corrected chi connectivity index (χ2v) is 6.85. The van der Waals surface area contributed by atoms with E-state index >= 15 is 0 Å². The molecular formula is C22H17N5O2. The normalized spacial score (nSPS) is 11.2. The minimum absolute atomic E-state index is 0.247. The number of aryl methyl sites for hydroxylation is 2. The lowest BCUT2D eigenvalue weighted by atomic mass is 10.1. The number of carbonyl (C=O) groups excluding carboxylic acids is 1. The molecule has 0 bridgehead atoms. The number of nitrogens with one attached hydrogen (secondary N) is 1. The van der Waals surface area contributed by atoms with Crippen molar-refractivity contribution < 1.29 is 9.21 Å². The third-order valence-corrected chi connectivity index (χ3v) is 4.74. The van der Waals surface area contributed by atoms with Crippen LogP contribution >= 0.6 is 0 Å². The molecule has 4 aromatic heterocycles. The van der Waals surface area contributed by atoms with E-state index in [4.69, 9.17) is 4.42 Å². The van der Waals surface area contributed by atoms with E-state index in [0.29, 0.717) is 22.9 Å². The first-order valence-corrected chi connectivity index (χ1v) is 9.15. The largest absolute Gasteiger partial charge is 0.441 e. The Kier molecular flexibility index (Phi) is 3.87. The molecule has 7 nitrogen and oxygen atoms in total. The van der Waals surface area contributed by atoms with Gasteiger partial charge in [0.15, 0.2) is 11.5 Å². The van der Waals surface area contributed by atoms with E-state index in [-0.39, 0.29) is 5.91 Å². The van der Waals surface area contributed by atoms with E-state index in [9.17, 15) is 4.79 Å². The Morgan fingerprint density at radius 2 is 1.86 bits per heavy atom. The van der Waals surface area contributed by atoms with Crippen LogP contribution in [0.5, 0.6) is 0 Å². The average Bonchev–Trinajstić information content (AvgIpc) is 3.30. The smallest absolute Gasteiger partial charge is 0.274 e. The number of aromatic nitrogens is 4. The molecule has 0 saturated carbocycles. The van der Waals surface area contributed by atoms with Crippen molar-refractivity contribution in [2.24, 2.45) is 0 Å². The van der Waals surface area contributed by atoms with Gasteiger partial charge in [0, 0.05) is 18.8 Å². The molecule has 0 aliphatic rings. The van der Waals surface area contributed by atoms with E-state index in [1.807, 2.05) is 62.5 Å². The SMILES string of the molecule is Cc1ccc(NC(=O)c2cnc3ccc(-c4ccc5oc(C)nc5c4)cn23)cn1. The van der Waals surface area contributed by atoms with Crippen LogP contribution in [0.1, 0.15) is 22.1 Å². The molecule has 0 atom stereocenters. The Balaban J connectivity index is 1.52. The number of hydrogen-bond acceptors (Lipinski definition) is 5. The molecule has 1 aromatic carbocycles. The Morgan fingerprint density at radius 3 is 2.69 bits per heavy atom. The molecule has 142 valence electrons. The van der Waals surface area contributed by atoms with Gasteiger partial charge in [-0.05, 0) is 54.4 Å². The van der Waals surface area contributed by atoms with Crippen LogP contribution in [-0.4, -0.2) is 25.3 Å². The number of benzene rings is 1. The Morgan fingerprint density at radius 1 is 1.00 bits per heavy atom. The third kappa shape index (κ3) is 3.12. The topological polar surface area (TPSA) is 85.3 Å². The second kappa shape index (κ2) is 6.56. The van der Waals surface area contributed by atoms with Crippen LogP contribution in [0.4, 0.5) is 5.69 Å². The third-order valence-electron chi connectivity index (χ3n) is 4.74. The van der Waals surface area contributed by atoms with E-state index in [2.05, 4.69) is 20.3 Å². The number of oxazole rings is 1. The predicted octanol–water partition coefficient (Wildman–Crippen LogP) is 4.41. The summed E-state index contributed by atoms with van der Waals surface area (Å²) in [5.74, 6) is 0.384. The van der Waals surface area contributed by atoms with Crippen LogP contribution in [0.3, 0.4) is 0 Å². The standard InChI is InChI=1S/C22H17N5O2/c1-13-3-6-17(10-23-13)26-22(28)19-11-24-21-8-5-16(12-27(19)21)15-4-7-20-18(9-15)25-14(2)29-20/h3-12H,1-2H3,(H,26,28). The van der Waals surface area contributed by atoms with Gasteiger partial charge in [0.05, 0.1) is 18.1 Å². The molecule has 29 heavy (non-hydrogen) atoms. The van der Waals surface area contributed by atoms with Crippen molar-refractivity contribution in [2.45, 2.75) is 13.8 Å². The lowest BCUT2D eigenvalue weighted by molar-refractivity contribution is 0.102. The highest BCUT2D eigenvalue weighted by Gasteiger charge is 2.14. The molecule has 0 fully saturated rings. The second-order valence-electron chi connectivity index (χ2n) is 6.85. The van der Waals surface area contributed by atoms with Crippen molar-refractivity contribution in [1.82, 2.24) is 19.4 Å². The highest BCUT2D eigenvalue weighted by Crippen LogP contribution is 2.25. The number of nitrogens with zero attached hydrogens (tertiary/aromatic N) is 4. The van der Waals surface area contributed by atoms with Gasteiger partial charge >= 0.3 is 0 Å². The van der Waals surface area contributed by atoms with Gasteiger partial charge in [0.25, 0.3) is 5.91 Å². The van der Waals surface area contributed by atoms with Gasteiger partial charge in [-0.25, -0.2) is 9.97 Å². The maximum absolute atomic E-state index is 12.8. The first-order valence-electron chi connectivity index (χ1n) is 9.15. The molecule has 0 radical (unpaired) electrons. The van der Waals surface area contributed by atoms with Gasteiger partial charge in [-0.1, -0.05) is 6.07 Å². The Labute approximate surface area is 166 Å². The summed E-state index contributed by atoms with van der Waals surface area (Å²) < 4.78 is 7.33. The molecule has 5 aromatic rings. The van der Waals surface area contributed by atoms with Gasteiger partial charge in [-0.15, -0.1) is 0 Å².